The summed E-state index contributed by atoms with van der Waals surface area (Å²) in [6, 6.07) is 6.56. The Bertz CT molecular complexity index is 1610. The van der Waals surface area contributed by atoms with E-state index in [1.807, 2.05) is 12.1 Å². The second-order valence-electron chi connectivity index (χ2n) is 9.93. The van der Waals surface area contributed by atoms with Crippen molar-refractivity contribution in [3.8, 4) is 28.4 Å². The summed E-state index contributed by atoms with van der Waals surface area (Å²) >= 11 is 1.14. The van der Waals surface area contributed by atoms with Crippen molar-refractivity contribution in [1.29, 1.82) is 0 Å². The zero-order chi connectivity index (χ0) is 31.8. The molecule has 44 heavy (non-hydrogen) atoms. The number of carbonyl (C=O) groups is 3. The standard InChI is InChI=1S/C31H36N4O8S/c1-6-43-30(39)23-16-44-31(34-23)35-26(38)8-7-13-32-22-12-10-19-20(15-24(22)37)21(33-17(2)36)11-9-18-14-25(40-3)28(41-4)29(42-5)27(18)19/h10,12,14-16,21H,6-9,11,13H2,1-5H3,(H,32,37)(H,33,36)(H,34,35,38)/t21-/m0/s1. The monoisotopic (exact) mass is 624 g/mol. The van der Waals surface area contributed by atoms with Crippen LogP contribution >= 0.6 is 11.3 Å². The van der Waals surface area contributed by atoms with E-state index in [-0.39, 0.29) is 36.0 Å². The summed E-state index contributed by atoms with van der Waals surface area (Å²) in [5.41, 5.74) is 3.31. The molecule has 0 spiro atoms. The molecule has 4 rings (SSSR count). The third kappa shape index (κ3) is 7.28. The van der Waals surface area contributed by atoms with Gasteiger partial charge >= 0.3 is 5.97 Å². The van der Waals surface area contributed by atoms with Gasteiger partial charge in [-0.05, 0) is 61.1 Å². The number of fused-ring (bicyclic) bond motifs is 3. The van der Waals surface area contributed by atoms with Gasteiger partial charge in [-0.2, -0.15) is 0 Å². The first-order chi connectivity index (χ1) is 21.2. The van der Waals surface area contributed by atoms with Crippen molar-refractivity contribution in [2.45, 2.75) is 45.6 Å². The van der Waals surface area contributed by atoms with Gasteiger partial charge in [-0.15, -0.1) is 11.3 Å². The van der Waals surface area contributed by atoms with Gasteiger partial charge in [0.1, 0.15) is 0 Å². The smallest absolute Gasteiger partial charge is 0.357 e. The number of nitrogens with one attached hydrogen (secondary N) is 3. The average molecular weight is 625 g/mol. The number of anilines is 2. The van der Waals surface area contributed by atoms with Crippen LogP contribution in [0.2, 0.25) is 0 Å². The Morgan fingerprint density at radius 1 is 1.07 bits per heavy atom. The molecule has 12 nitrogen and oxygen atoms in total. The van der Waals surface area contributed by atoms with Crippen LogP contribution in [0.25, 0.3) is 11.1 Å². The highest BCUT2D eigenvalue weighted by molar-refractivity contribution is 7.14. The van der Waals surface area contributed by atoms with Crippen LogP contribution in [0.15, 0.2) is 34.4 Å². The van der Waals surface area contributed by atoms with Crippen LogP contribution in [0, 0.1) is 0 Å². The van der Waals surface area contributed by atoms with Gasteiger partial charge in [0.2, 0.25) is 23.0 Å². The van der Waals surface area contributed by atoms with E-state index in [2.05, 4.69) is 20.9 Å². The Labute approximate surface area is 259 Å². The molecule has 3 aromatic rings. The molecule has 0 bridgehead atoms. The molecule has 1 aliphatic carbocycles. The molecule has 0 fully saturated rings. The number of methoxy groups -OCH3 is 3. The summed E-state index contributed by atoms with van der Waals surface area (Å²) in [7, 11) is 4.64. The van der Waals surface area contributed by atoms with Crippen molar-refractivity contribution in [1.82, 2.24) is 10.3 Å². The molecule has 1 aliphatic rings. The maximum Gasteiger partial charge on any atom is 0.357 e. The molecule has 1 heterocycles. The topological polar surface area (TPSA) is 154 Å². The van der Waals surface area contributed by atoms with Gasteiger partial charge in [-0.1, -0.05) is 6.07 Å². The van der Waals surface area contributed by atoms with E-state index in [1.165, 1.54) is 19.4 Å². The summed E-state index contributed by atoms with van der Waals surface area (Å²) in [5.74, 6) is 0.404. The van der Waals surface area contributed by atoms with Gasteiger partial charge < -0.3 is 34.9 Å². The van der Waals surface area contributed by atoms with Crippen molar-refractivity contribution in [2.24, 2.45) is 0 Å². The highest BCUT2D eigenvalue weighted by atomic mass is 32.1. The molecule has 13 heteroatoms. The SMILES string of the molecule is CCOC(=O)c1csc(NC(=O)CCCNc2ccc3c(cc2=O)[C@@H](NC(C)=O)CCc2cc(OC)c(OC)c(OC)c2-3)n1. The van der Waals surface area contributed by atoms with E-state index in [9.17, 15) is 19.2 Å². The van der Waals surface area contributed by atoms with Crippen LogP contribution in [0.4, 0.5) is 10.8 Å². The fourth-order valence-electron chi connectivity index (χ4n) is 5.14. The number of hydrogen-bond acceptors (Lipinski definition) is 11. The Balaban J connectivity index is 1.55. The molecule has 2 aromatic carbocycles. The minimum atomic E-state index is -0.542. The van der Waals surface area contributed by atoms with Crippen LogP contribution in [0.5, 0.6) is 17.2 Å². The van der Waals surface area contributed by atoms with Crippen LogP contribution < -0.4 is 35.6 Å². The number of carbonyl (C=O) groups excluding carboxylic acids is 3. The van der Waals surface area contributed by atoms with Crippen molar-refractivity contribution in [2.75, 3.05) is 45.1 Å². The summed E-state index contributed by atoms with van der Waals surface area (Å²) in [4.78, 5) is 53.9. The lowest BCUT2D eigenvalue weighted by Crippen LogP contribution is -2.26. The molecule has 0 radical (unpaired) electrons. The molecule has 0 aliphatic heterocycles. The second kappa shape index (κ2) is 14.7. The lowest BCUT2D eigenvalue weighted by atomic mass is 9.95. The zero-order valence-electron chi connectivity index (χ0n) is 25.3. The summed E-state index contributed by atoms with van der Waals surface area (Å²) < 4.78 is 21.9. The van der Waals surface area contributed by atoms with Crippen LogP contribution in [-0.4, -0.2) is 57.2 Å². The third-order valence-corrected chi connectivity index (χ3v) is 7.80. The minimum Gasteiger partial charge on any atom is -0.493 e. The molecule has 0 saturated heterocycles. The molecule has 234 valence electrons. The molecule has 1 aromatic heterocycles. The largest absolute Gasteiger partial charge is 0.493 e. The van der Waals surface area contributed by atoms with E-state index >= 15 is 0 Å². The average Bonchev–Trinajstić information content (AvgIpc) is 3.34. The van der Waals surface area contributed by atoms with Gasteiger partial charge in [-0.25, -0.2) is 9.78 Å². The normalized spacial score (nSPS) is 13.4. The van der Waals surface area contributed by atoms with Gasteiger partial charge in [0.25, 0.3) is 0 Å². The summed E-state index contributed by atoms with van der Waals surface area (Å²) in [6.45, 7) is 3.74. The van der Waals surface area contributed by atoms with Gasteiger partial charge in [0.05, 0.1) is 39.7 Å². The number of aryl methyl sites for hydroxylation is 1. The fraction of sp³-hybridized carbons (Fsp3) is 0.387. The predicted molar refractivity (Wildman–Crippen MR) is 167 cm³/mol. The van der Waals surface area contributed by atoms with E-state index in [0.29, 0.717) is 59.4 Å². The Morgan fingerprint density at radius 3 is 2.52 bits per heavy atom. The molecule has 3 N–H and O–H groups in total. The Morgan fingerprint density at radius 2 is 1.84 bits per heavy atom. The number of thiazole rings is 1. The van der Waals surface area contributed by atoms with Crippen LogP contribution in [0.3, 0.4) is 0 Å². The first-order valence-electron chi connectivity index (χ1n) is 14.1. The maximum absolute atomic E-state index is 13.4. The number of esters is 1. The van der Waals surface area contributed by atoms with Crippen molar-refractivity contribution >= 4 is 39.9 Å². The van der Waals surface area contributed by atoms with Gasteiger partial charge in [0, 0.05) is 30.8 Å². The molecule has 2 amide bonds. The quantitative estimate of drug-likeness (QED) is 0.196. The highest BCUT2D eigenvalue weighted by Gasteiger charge is 2.29. The van der Waals surface area contributed by atoms with Gasteiger partial charge in [-0.3, -0.25) is 14.4 Å². The number of amides is 2. The maximum atomic E-state index is 13.4. The lowest BCUT2D eigenvalue weighted by Gasteiger charge is -2.19. The van der Waals surface area contributed by atoms with Crippen molar-refractivity contribution in [3.63, 3.8) is 0 Å². The number of benzene rings is 1. The van der Waals surface area contributed by atoms with Crippen LogP contribution in [-0.2, 0) is 20.7 Å². The molecular formula is C31H36N4O8S. The number of hydrogen-bond donors (Lipinski definition) is 3. The molecule has 0 saturated carbocycles. The van der Waals surface area contributed by atoms with Crippen LogP contribution in [0.1, 0.15) is 60.8 Å². The molecular weight excluding hydrogens is 588 g/mol. The second-order valence-corrected chi connectivity index (χ2v) is 10.8. The predicted octanol–water partition coefficient (Wildman–Crippen LogP) is 4.33. The summed E-state index contributed by atoms with van der Waals surface area (Å²) in [5, 5.41) is 10.6. The van der Waals surface area contributed by atoms with E-state index < -0.39 is 12.0 Å². The zero-order valence-corrected chi connectivity index (χ0v) is 26.1. The molecule has 0 unspecified atom stereocenters. The van der Waals surface area contributed by atoms with E-state index in [1.54, 1.807) is 33.3 Å². The number of rotatable bonds is 12. The fourth-order valence-corrected chi connectivity index (χ4v) is 5.83. The van der Waals surface area contributed by atoms with Gasteiger partial charge in [0.15, 0.2) is 22.3 Å². The van der Waals surface area contributed by atoms with Crippen molar-refractivity contribution in [3.05, 3.63) is 56.7 Å². The Hall–Kier alpha value is -4.65. The number of nitrogens with zero attached hydrogens (tertiary/aromatic N) is 1. The third-order valence-electron chi connectivity index (χ3n) is 7.05. The number of aromatic nitrogens is 1. The highest BCUT2D eigenvalue weighted by Crippen LogP contribution is 2.50. The van der Waals surface area contributed by atoms with E-state index in [4.69, 9.17) is 18.9 Å². The minimum absolute atomic E-state index is 0.144. The molecule has 1 atom stereocenters. The summed E-state index contributed by atoms with van der Waals surface area (Å²) in [6.07, 6.45) is 1.76. The first-order valence-corrected chi connectivity index (χ1v) is 15.0. The number of ether oxygens (including phenoxy) is 4. The first kappa shape index (κ1) is 32.3. The lowest BCUT2D eigenvalue weighted by molar-refractivity contribution is -0.119. The Kier molecular flexibility index (Phi) is 10.8. The van der Waals surface area contributed by atoms with E-state index in [0.717, 1.165) is 28.0 Å². The van der Waals surface area contributed by atoms with Crippen molar-refractivity contribution < 1.29 is 33.3 Å².